The van der Waals surface area contributed by atoms with Crippen molar-refractivity contribution in [1.82, 2.24) is 10.6 Å². The number of hydrogen-bond donors (Lipinski definition) is 2. The van der Waals surface area contributed by atoms with Crippen LogP contribution in [0.3, 0.4) is 0 Å². The minimum absolute atomic E-state index is 0.00417. The summed E-state index contributed by atoms with van der Waals surface area (Å²) in [7, 11) is 0. The van der Waals surface area contributed by atoms with E-state index in [9.17, 15) is 9.59 Å². The van der Waals surface area contributed by atoms with Gasteiger partial charge in [0.05, 0.1) is 18.7 Å². The molecule has 0 bridgehead atoms. The van der Waals surface area contributed by atoms with Gasteiger partial charge >= 0.3 is 0 Å². The van der Waals surface area contributed by atoms with E-state index in [1.165, 1.54) is 32.1 Å². The molecule has 5 nitrogen and oxygen atoms in total. The Kier molecular flexibility index (Phi) is 7.59. The summed E-state index contributed by atoms with van der Waals surface area (Å²) in [6, 6.07) is 7.31. The number of ether oxygens (including phenoxy) is 1. The molecule has 0 aromatic heterocycles. The van der Waals surface area contributed by atoms with Gasteiger partial charge in [-0.3, -0.25) is 9.59 Å². The first-order chi connectivity index (χ1) is 11.7. The van der Waals surface area contributed by atoms with E-state index < -0.39 is 0 Å². The van der Waals surface area contributed by atoms with E-state index >= 15 is 0 Å². The summed E-state index contributed by atoms with van der Waals surface area (Å²) in [6.07, 6.45) is 8.20. The number of nitrogens with one attached hydrogen (secondary N) is 2. The van der Waals surface area contributed by atoms with Crippen LogP contribution in [0.15, 0.2) is 24.3 Å². The second-order valence-electron chi connectivity index (χ2n) is 6.22. The third-order valence-corrected chi connectivity index (χ3v) is 4.31. The Morgan fingerprint density at radius 2 is 1.75 bits per heavy atom. The van der Waals surface area contributed by atoms with Gasteiger partial charge in [-0.15, -0.1) is 0 Å². The average molecular weight is 332 g/mol. The summed E-state index contributed by atoms with van der Waals surface area (Å²) in [5.41, 5.74) is 0.457. The van der Waals surface area contributed by atoms with Crippen molar-refractivity contribution in [3.05, 3.63) is 29.8 Å². The molecular weight excluding hydrogens is 304 g/mol. The third kappa shape index (κ3) is 5.87. The molecule has 132 valence electrons. The van der Waals surface area contributed by atoms with Crippen molar-refractivity contribution in [2.45, 2.75) is 57.9 Å². The van der Waals surface area contributed by atoms with Gasteiger partial charge in [-0.2, -0.15) is 0 Å². The van der Waals surface area contributed by atoms with Crippen LogP contribution in [0.5, 0.6) is 5.75 Å². The van der Waals surface area contributed by atoms with Crippen molar-refractivity contribution >= 4 is 11.8 Å². The van der Waals surface area contributed by atoms with Gasteiger partial charge in [0.15, 0.2) is 0 Å². The average Bonchev–Trinajstić information content (AvgIpc) is 2.56. The van der Waals surface area contributed by atoms with Crippen molar-refractivity contribution in [2.75, 3.05) is 13.2 Å². The molecule has 2 amide bonds. The molecule has 0 unspecified atom stereocenters. The summed E-state index contributed by atoms with van der Waals surface area (Å²) in [4.78, 5) is 24.4. The number of amides is 2. The van der Waals surface area contributed by atoms with Gasteiger partial charge in [-0.05, 0) is 31.9 Å². The minimum atomic E-state index is -0.285. The second kappa shape index (κ2) is 9.96. The Labute approximate surface area is 144 Å². The molecule has 0 saturated heterocycles. The Bertz CT molecular complexity index is 537. The fraction of sp³-hybridized carbons (Fsp3) is 0.579. The smallest absolute Gasteiger partial charge is 0.255 e. The van der Waals surface area contributed by atoms with E-state index in [1.807, 2.05) is 13.0 Å². The van der Waals surface area contributed by atoms with Crippen LogP contribution in [-0.4, -0.2) is 31.0 Å². The quantitative estimate of drug-likeness (QED) is 0.841. The van der Waals surface area contributed by atoms with Crippen molar-refractivity contribution < 1.29 is 14.3 Å². The normalized spacial score (nSPS) is 15.9. The van der Waals surface area contributed by atoms with Crippen LogP contribution in [0.2, 0.25) is 0 Å². The lowest BCUT2D eigenvalue weighted by Crippen LogP contribution is -2.42. The van der Waals surface area contributed by atoms with Crippen LogP contribution in [-0.2, 0) is 4.79 Å². The van der Waals surface area contributed by atoms with Gasteiger partial charge in [0.2, 0.25) is 5.91 Å². The number of carbonyl (C=O) groups is 2. The predicted molar refractivity (Wildman–Crippen MR) is 94.2 cm³/mol. The highest BCUT2D eigenvalue weighted by atomic mass is 16.5. The minimum Gasteiger partial charge on any atom is -0.493 e. The van der Waals surface area contributed by atoms with E-state index in [1.54, 1.807) is 18.2 Å². The van der Waals surface area contributed by atoms with Crippen LogP contribution < -0.4 is 15.4 Å². The zero-order valence-electron chi connectivity index (χ0n) is 14.5. The van der Waals surface area contributed by atoms with Gasteiger partial charge in [0.25, 0.3) is 5.91 Å². The molecule has 2 N–H and O–H groups in total. The van der Waals surface area contributed by atoms with Crippen LogP contribution in [0.25, 0.3) is 0 Å². The molecule has 0 aliphatic heterocycles. The van der Waals surface area contributed by atoms with Crippen molar-refractivity contribution in [3.8, 4) is 5.75 Å². The maximum atomic E-state index is 12.3. The summed E-state index contributed by atoms with van der Waals surface area (Å²) in [6.45, 7) is 2.36. The van der Waals surface area contributed by atoms with Crippen LogP contribution in [0, 0.1) is 0 Å². The van der Waals surface area contributed by atoms with Gasteiger partial charge in [0, 0.05) is 6.04 Å². The van der Waals surface area contributed by atoms with Gasteiger partial charge in [-0.1, -0.05) is 44.2 Å². The molecule has 1 aromatic rings. The van der Waals surface area contributed by atoms with E-state index in [0.29, 0.717) is 17.9 Å². The van der Waals surface area contributed by atoms with E-state index in [4.69, 9.17) is 4.74 Å². The van der Waals surface area contributed by atoms with Gasteiger partial charge in [-0.25, -0.2) is 0 Å². The lowest BCUT2D eigenvalue weighted by molar-refractivity contribution is -0.120. The van der Waals surface area contributed by atoms with Crippen molar-refractivity contribution in [3.63, 3.8) is 0 Å². The molecule has 0 atom stereocenters. The Hall–Kier alpha value is -2.04. The maximum Gasteiger partial charge on any atom is 0.255 e. The summed E-state index contributed by atoms with van der Waals surface area (Å²) in [5, 5.41) is 5.73. The van der Waals surface area contributed by atoms with Crippen molar-refractivity contribution in [1.29, 1.82) is 0 Å². The number of hydrogen-bond acceptors (Lipinski definition) is 3. The number of benzene rings is 1. The van der Waals surface area contributed by atoms with E-state index in [-0.39, 0.29) is 24.4 Å². The van der Waals surface area contributed by atoms with Crippen LogP contribution >= 0.6 is 0 Å². The van der Waals surface area contributed by atoms with E-state index in [2.05, 4.69) is 10.6 Å². The molecule has 1 fully saturated rings. The summed E-state index contributed by atoms with van der Waals surface area (Å²) in [5.74, 6) is 0.132. The Morgan fingerprint density at radius 1 is 1.08 bits per heavy atom. The van der Waals surface area contributed by atoms with E-state index in [0.717, 1.165) is 12.8 Å². The molecule has 1 saturated carbocycles. The zero-order valence-corrected chi connectivity index (χ0v) is 14.5. The molecule has 1 aliphatic carbocycles. The molecule has 1 aliphatic rings. The maximum absolute atomic E-state index is 12.3. The highest BCUT2D eigenvalue weighted by Gasteiger charge is 2.16. The highest BCUT2D eigenvalue weighted by molar-refractivity contribution is 5.98. The topological polar surface area (TPSA) is 67.4 Å². The lowest BCUT2D eigenvalue weighted by atomic mass is 9.97. The molecule has 0 radical (unpaired) electrons. The highest BCUT2D eigenvalue weighted by Crippen LogP contribution is 2.18. The number of carbonyl (C=O) groups excluding carboxylic acids is 2. The lowest BCUT2D eigenvalue weighted by Gasteiger charge is -2.21. The summed E-state index contributed by atoms with van der Waals surface area (Å²) < 4.78 is 5.45. The van der Waals surface area contributed by atoms with Gasteiger partial charge in [0.1, 0.15) is 5.75 Å². The van der Waals surface area contributed by atoms with Crippen LogP contribution in [0.4, 0.5) is 0 Å². The molecule has 24 heavy (non-hydrogen) atoms. The molecule has 5 heteroatoms. The fourth-order valence-corrected chi connectivity index (χ4v) is 3.07. The Balaban J connectivity index is 1.81. The van der Waals surface area contributed by atoms with Crippen molar-refractivity contribution in [2.24, 2.45) is 0 Å². The SMILES string of the molecule is CCOc1ccccc1C(=O)NCC(=O)NC1CCCCCCC1. The zero-order chi connectivity index (χ0) is 17.2. The summed E-state index contributed by atoms with van der Waals surface area (Å²) >= 11 is 0. The first-order valence-corrected chi connectivity index (χ1v) is 9.00. The predicted octanol–water partition coefficient (Wildman–Crippen LogP) is 3.04. The molecule has 0 spiro atoms. The largest absolute Gasteiger partial charge is 0.493 e. The van der Waals surface area contributed by atoms with Crippen LogP contribution in [0.1, 0.15) is 62.2 Å². The number of para-hydroxylation sites is 1. The molecule has 1 aromatic carbocycles. The Morgan fingerprint density at radius 3 is 2.46 bits per heavy atom. The molecular formula is C19H28N2O3. The number of rotatable bonds is 6. The molecule has 0 heterocycles. The molecule has 2 rings (SSSR count). The second-order valence-corrected chi connectivity index (χ2v) is 6.22. The standard InChI is InChI=1S/C19H28N2O3/c1-2-24-17-13-9-8-12-16(17)19(23)20-14-18(22)21-15-10-6-4-3-5-7-11-15/h8-9,12-13,15H,2-7,10-11,14H2,1H3,(H,20,23)(H,21,22). The third-order valence-electron chi connectivity index (χ3n) is 4.31. The monoisotopic (exact) mass is 332 g/mol. The van der Waals surface area contributed by atoms with Gasteiger partial charge < -0.3 is 15.4 Å². The first kappa shape index (κ1) is 18.3. The fourth-order valence-electron chi connectivity index (χ4n) is 3.07. The first-order valence-electron chi connectivity index (χ1n) is 9.00.